The molecule has 1 rings (SSSR count). The van der Waals surface area contributed by atoms with Crippen LogP contribution in [0.1, 0.15) is 27.2 Å². The molecule has 0 spiro atoms. The average molecular weight is 303 g/mol. The van der Waals surface area contributed by atoms with E-state index in [0.717, 1.165) is 0 Å². The summed E-state index contributed by atoms with van der Waals surface area (Å²) in [4.78, 5) is 14.9. The predicted octanol–water partition coefficient (Wildman–Crippen LogP) is 2.55. The van der Waals surface area contributed by atoms with Gasteiger partial charge in [-0.1, -0.05) is 20.8 Å². The zero-order chi connectivity index (χ0) is 14.0. The molecule has 0 saturated carbocycles. The molecule has 7 heteroatoms. The van der Waals surface area contributed by atoms with E-state index in [1.54, 1.807) is 4.90 Å². The first kappa shape index (κ1) is 18.5. The van der Waals surface area contributed by atoms with Crippen LogP contribution in [0.5, 0.6) is 0 Å². The summed E-state index contributed by atoms with van der Waals surface area (Å²) >= 11 is 0. The number of alkyl halides is 3. The average Bonchev–Trinajstić information content (AvgIpc) is 2.13. The van der Waals surface area contributed by atoms with Crippen LogP contribution in [-0.4, -0.2) is 54.6 Å². The van der Waals surface area contributed by atoms with Gasteiger partial charge < -0.3 is 4.90 Å². The standard InChI is InChI=1S/C12H21F3N2O.ClH/c1-11(2,3)8-10(18)17-6-4-16(5-7-17)9-12(13,14)15;/h4-9H2,1-3H3;1H. The van der Waals surface area contributed by atoms with Crippen molar-refractivity contribution < 1.29 is 18.0 Å². The van der Waals surface area contributed by atoms with Crippen molar-refractivity contribution in [1.29, 1.82) is 0 Å². The minimum absolute atomic E-state index is 0. The van der Waals surface area contributed by atoms with Crippen LogP contribution < -0.4 is 0 Å². The first-order valence-electron chi connectivity index (χ1n) is 6.14. The van der Waals surface area contributed by atoms with Gasteiger partial charge in [-0.15, -0.1) is 12.4 Å². The first-order valence-corrected chi connectivity index (χ1v) is 6.14. The number of piperazine rings is 1. The van der Waals surface area contributed by atoms with Gasteiger partial charge in [0.25, 0.3) is 0 Å². The minimum atomic E-state index is -4.16. The van der Waals surface area contributed by atoms with Crippen molar-refractivity contribution in [2.45, 2.75) is 33.4 Å². The van der Waals surface area contributed by atoms with Gasteiger partial charge in [0.2, 0.25) is 5.91 Å². The van der Waals surface area contributed by atoms with E-state index in [-0.39, 0.29) is 23.7 Å². The Morgan fingerprint density at radius 1 is 1.05 bits per heavy atom. The van der Waals surface area contributed by atoms with Crippen LogP contribution in [0.4, 0.5) is 13.2 Å². The summed E-state index contributed by atoms with van der Waals surface area (Å²) in [5, 5.41) is 0. The molecule has 0 radical (unpaired) electrons. The van der Waals surface area contributed by atoms with Crippen LogP contribution in [0.3, 0.4) is 0 Å². The lowest BCUT2D eigenvalue weighted by atomic mass is 9.91. The fraction of sp³-hybridized carbons (Fsp3) is 0.917. The van der Waals surface area contributed by atoms with Crippen molar-refractivity contribution in [3.05, 3.63) is 0 Å². The highest BCUT2D eigenvalue weighted by atomic mass is 35.5. The van der Waals surface area contributed by atoms with Gasteiger partial charge in [-0.2, -0.15) is 13.2 Å². The molecule has 0 atom stereocenters. The highest BCUT2D eigenvalue weighted by molar-refractivity contribution is 5.85. The van der Waals surface area contributed by atoms with Gasteiger partial charge >= 0.3 is 6.18 Å². The third-order valence-electron chi connectivity index (χ3n) is 2.81. The minimum Gasteiger partial charge on any atom is -0.340 e. The fourth-order valence-corrected chi connectivity index (χ4v) is 1.97. The van der Waals surface area contributed by atoms with Crippen molar-refractivity contribution in [3.63, 3.8) is 0 Å². The van der Waals surface area contributed by atoms with Gasteiger partial charge in [0.1, 0.15) is 0 Å². The van der Waals surface area contributed by atoms with E-state index in [2.05, 4.69) is 0 Å². The maximum atomic E-state index is 12.2. The van der Waals surface area contributed by atoms with E-state index < -0.39 is 12.7 Å². The van der Waals surface area contributed by atoms with Gasteiger partial charge in [-0.3, -0.25) is 9.69 Å². The monoisotopic (exact) mass is 302 g/mol. The summed E-state index contributed by atoms with van der Waals surface area (Å²) in [5.74, 6) is 0.0363. The van der Waals surface area contributed by atoms with E-state index in [4.69, 9.17) is 0 Å². The number of hydrogen-bond acceptors (Lipinski definition) is 2. The van der Waals surface area contributed by atoms with Crippen molar-refractivity contribution in [1.82, 2.24) is 9.80 Å². The van der Waals surface area contributed by atoms with E-state index in [0.29, 0.717) is 32.6 Å². The van der Waals surface area contributed by atoms with E-state index in [9.17, 15) is 18.0 Å². The Balaban J connectivity index is 0.00000324. The Morgan fingerprint density at radius 3 is 1.89 bits per heavy atom. The molecule has 114 valence electrons. The van der Waals surface area contributed by atoms with Crippen molar-refractivity contribution in [3.8, 4) is 0 Å². The molecule has 1 amide bonds. The highest BCUT2D eigenvalue weighted by Gasteiger charge is 2.33. The summed E-state index contributed by atoms with van der Waals surface area (Å²) in [7, 11) is 0. The van der Waals surface area contributed by atoms with Crippen molar-refractivity contribution >= 4 is 18.3 Å². The second-order valence-corrected chi connectivity index (χ2v) is 6.01. The summed E-state index contributed by atoms with van der Waals surface area (Å²) in [5.41, 5.74) is -0.0831. The number of carbonyl (C=O) groups excluding carboxylic acids is 1. The molecule has 1 saturated heterocycles. The quantitative estimate of drug-likeness (QED) is 0.783. The summed E-state index contributed by atoms with van der Waals surface area (Å²) in [6, 6.07) is 0. The third kappa shape index (κ3) is 7.62. The van der Waals surface area contributed by atoms with Gasteiger partial charge in [0.05, 0.1) is 6.54 Å². The predicted molar refractivity (Wildman–Crippen MR) is 70.4 cm³/mol. The largest absolute Gasteiger partial charge is 0.401 e. The molecule has 0 aliphatic carbocycles. The molecule has 19 heavy (non-hydrogen) atoms. The zero-order valence-electron chi connectivity index (χ0n) is 11.6. The molecule has 0 bridgehead atoms. The van der Waals surface area contributed by atoms with Crippen LogP contribution in [0.2, 0.25) is 0 Å². The number of amides is 1. The van der Waals surface area contributed by atoms with E-state index in [1.807, 2.05) is 20.8 Å². The number of nitrogens with zero attached hydrogens (tertiary/aromatic N) is 2. The number of halogens is 4. The zero-order valence-corrected chi connectivity index (χ0v) is 12.4. The van der Waals surface area contributed by atoms with Gasteiger partial charge in [-0.25, -0.2) is 0 Å². The summed E-state index contributed by atoms with van der Waals surface area (Å²) in [6.07, 6.45) is -3.72. The van der Waals surface area contributed by atoms with Gasteiger partial charge in [0.15, 0.2) is 0 Å². The van der Waals surface area contributed by atoms with Crippen LogP contribution >= 0.6 is 12.4 Å². The Bertz CT molecular complexity index is 294. The molecular formula is C12H22ClF3N2O. The first-order chi connectivity index (χ1) is 8.07. The van der Waals surface area contributed by atoms with Crippen molar-refractivity contribution in [2.24, 2.45) is 5.41 Å². The highest BCUT2D eigenvalue weighted by Crippen LogP contribution is 2.21. The molecule has 0 N–H and O–H groups in total. The Kier molecular flexibility index (Phi) is 6.62. The molecule has 0 aromatic carbocycles. The van der Waals surface area contributed by atoms with Gasteiger partial charge in [0, 0.05) is 32.6 Å². The Hall–Kier alpha value is -0.490. The Morgan fingerprint density at radius 2 is 1.53 bits per heavy atom. The van der Waals surface area contributed by atoms with Gasteiger partial charge in [-0.05, 0) is 5.41 Å². The SMILES string of the molecule is CC(C)(C)CC(=O)N1CCN(CC(F)(F)F)CC1.Cl. The van der Waals surface area contributed by atoms with Crippen LogP contribution in [0.25, 0.3) is 0 Å². The second kappa shape index (κ2) is 6.79. The van der Waals surface area contributed by atoms with Crippen LogP contribution in [-0.2, 0) is 4.79 Å². The maximum Gasteiger partial charge on any atom is 0.401 e. The third-order valence-corrected chi connectivity index (χ3v) is 2.81. The Labute approximate surface area is 118 Å². The molecule has 0 aromatic heterocycles. The second-order valence-electron chi connectivity index (χ2n) is 6.01. The van der Waals surface area contributed by atoms with E-state index in [1.165, 1.54) is 4.90 Å². The fourth-order valence-electron chi connectivity index (χ4n) is 1.97. The van der Waals surface area contributed by atoms with E-state index >= 15 is 0 Å². The number of rotatable bonds is 2. The normalized spacial score (nSPS) is 18.1. The molecule has 1 heterocycles. The van der Waals surface area contributed by atoms with Crippen LogP contribution in [0.15, 0.2) is 0 Å². The molecular weight excluding hydrogens is 281 g/mol. The van der Waals surface area contributed by atoms with Crippen LogP contribution in [0, 0.1) is 5.41 Å². The lowest BCUT2D eigenvalue weighted by molar-refractivity contribution is -0.152. The molecule has 3 nitrogen and oxygen atoms in total. The number of hydrogen-bond donors (Lipinski definition) is 0. The maximum absolute atomic E-state index is 12.2. The number of carbonyl (C=O) groups is 1. The smallest absolute Gasteiger partial charge is 0.340 e. The van der Waals surface area contributed by atoms with Crippen molar-refractivity contribution in [2.75, 3.05) is 32.7 Å². The molecule has 1 aliphatic rings. The lowest BCUT2D eigenvalue weighted by Crippen LogP contribution is -2.51. The molecule has 1 fully saturated rings. The molecule has 1 aliphatic heterocycles. The lowest BCUT2D eigenvalue weighted by Gasteiger charge is -2.36. The summed E-state index contributed by atoms with van der Waals surface area (Å²) < 4.78 is 36.6. The summed E-state index contributed by atoms with van der Waals surface area (Å²) in [6.45, 7) is 6.44. The topological polar surface area (TPSA) is 23.6 Å². The molecule has 0 aromatic rings. The molecule has 0 unspecified atom stereocenters.